The lowest BCUT2D eigenvalue weighted by atomic mass is 10.1. The number of hydrogen-bond acceptors (Lipinski definition) is 6. The third-order valence-electron chi connectivity index (χ3n) is 4.26. The zero-order chi connectivity index (χ0) is 15.8. The van der Waals surface area contributed by atoms with Gasteiger partial charge in [-0.25, -0.2) is 4.98 Å². The molecule has 1 saturated heterocycles. The number of aromatic nitrogens is 3. The summed E-state index contributed by atoms with van der Waals surface area (Å²) in [4.78, 5) is 9.66. The molecule has 0 bridgehead atoms. The van der Waals surface area contributed by atoms with Gasteiger partial charge in [0.2, 0.25) is 10.8 Å². The van der Waals surface area contributed by atoms with E-state index in [1.807, 2.05) is 0 Å². The summed E-state index contributed by atoms with van der Waals surface area (Å²) in [5.74, 6) is 0.223. The molecule has 0 aliphatic carbocycles. The van der Waals surface area contributed by atoms with Crippen molar-refractivity contribution >= 4 is 43.6 Å². The molecule has 122 valence electrons. The molecule has 3 aromatic rings. The Morgan fingerprint density at radius 2 is 1.91 bits per heavy atom. The van der Waals surface area contributed by atoms with Crippen LogP contribution in [0.3, 0.4) is 0 Å². The standard InChI is InChI=1S/C15H17BrN4OS2/c16-11-6-5-10(22-11)12(19-7-3-1-2-4-8-19)13-14(21)20-15(23-13)17-9-18-20/h5-6,9,12,21H,1-4,7-8H2/t12-/m0/s1. The van der Waals surface area contributed by atoms with E-state index < -0.39 is 0 Å². The van der Waals surface area contributed by atoms with Gasteiger partial charge in [-0.05, 0) is 54.0 Å². The molecule has 4 heterocycles. The van der Waals surface area contributed by atoms with E-state index in [1.165, 1.54) is 52.7 Å². The van der Waals surface area contributed by atoms with Crippen molar-refractivity contribution in [3.8, 4) is 5.88 Å². The van der Waals surface area contributed by atoms with Crippen LogP contribution in [0.4, 0.5) is 0 Å². The summed E-state index contributed by atoms with van der Waals surface area (Å²) in [5.41, 5.74) is 0. The SMILES string of the molecule is Oc1c([C@H](c2ccc(Br)s2)N2CCCCCC2)sc2ncnn12. The predicted molar refractivity (Wildman–Crippen MR) is 96.4 cm³/mol. The lowest BCUT2D eigenvalue weighted by Gasteiger charge is -2.29. The first-order valence-corrected chi connectivity index (χ1v) is 10.2. The number of nitrogens with zero attached hydrogens (tertiary/aromatic N) is 4. The zero-order valence-corrected chi connectivity index (χ0v) is 15.7. The molecule has 8 heteroatoms. The minimum atomic E-state index is 0.0814. The van der Waals surface area contributed by atoms with Crippen LogP contribution in [0.25, 0.3) is 4.96 Å². The van der Waals surface area contributed by atoms with Crippen LogP contribution in [-0.2, 0) is 0 Å². The van der Waals surface area contributed by atoms with E-state index in [4.69, 9.17) is 0 Å². The smallest absolute Gasteiger partial charge is 0.230 e. The van der Waals surface area contributed by atoms with Gasteiger partial charge in [0.25, 0.3) is 0 Å². The van der Waals surface area contributed by atoms with Crippen molar-refractivity contribution in [1.29, 1.82) is 0 Å². The topological polar surface area (TPSA) is 53.7 Å². The summed E-state index contributed by atoms with van der Waals surface area (Å²) in [5, 5.41) is 14.8. The first-order valence-electron chi connectivity index (χ1n) is 7.74. The predicted octanol–water partition coefficient (Wildman–Crippen LogP) is 4.29. The van der Waals surface area contributed by atoms with Crippen molar-refractivity contribution in [3.05, 3.63) is 32.0 Å². The highest BCUT2D eigenvalue weighted by Crippen LogP contribution is 2.43. The number of halogens is 1. The van der Waals surface area contributed by atoms with Crippen LogP contribution in [-0.4, -0.2) is 37.7 Å². The average molecular weight is 413 g/mol. The molecule has 1 atom stereocenters. The average Bonchev–Trinajstić information content (AvgIpc) is 3.16. The summed E-state index contributed by atoms with van der Waals surface area (Å²) >= 11 is 6.83. The number of hydrogen-bond donors (Lipinski definition) is 1. The maximum Gasteiger partial charge on any atom is 0.230 e. The van der Waals surface area contributed by atoms with Crippen LogP contribution < -0.4 is 0 Å². The molecule has 0 saturated carbocycles. The van der Waals surface area contributed by atoms with Gasteiger partial charge in [-0.1, -0.05) is 24.2 Å². The van der Waals surface area contributed by atoms with Gasteiger partial charge in [0.1, 0.15) is 6.33 Å². The highest BCUT2D eigenvalue weighted by Gasteiger charge is 2.30. The number of aromatic hydroxyl groups is 1. The van der Waals surface area contributed by atoms with E-state index in [0.717, 1.165) is 26.7 Å². The Kier molecular flexibility index (Phi) is 4.40. The third-order valence-corrected chi connectivity index (χ3v) is 7.02. The molecule has 0 spiro atoms. The molecule has 5 nitrogen and oxygen atoms in total. The highest BCUT2D eigenvalue weighted by molar-refractivity contribution is 9.11. The van der Waals surface area contributed by atoms with Crippen LogP contribution >= 0.6 is 38.6 Å². The van der Waals surface area contributed by atoms with E-state index in [9.17, 15) is 5.11 Å². The molecule has 0 radical (unpaired) electrons. The van der Waals surface area contributed by atoms with E-state index in [0.29, 0.717) is 0 Å². The third kappa shape index (κ3) is 2.93. The molecular weight excluding hydrogens is 396 g/mol. The summed E-state index contributed by atoms with van der Waals surface area (Å²) in [7, 11) is 0. The molecule has 1 aliphatic heterocycles. The van der Waals surface area contributed by atoms with Crippen LogP contribution in [0.5, 0.6) is 5.88 Å². The lowest BCUT2D eigenvalue weighted by Crippen LogP contribution is -2.29. The Balaban J connectivity index is 1.80. The second kappa shape index (κ2) is 6.51. The van der Waals surface area contributed by atoms with Crippen molar-refractivity contribution < 1.29 is 5.11 Å². The largest absolute Gasteiger partial charge is 0.492 e. The Hall–Kier alpha value is -0.960. The number of likely N-dealkylation sites (tertiary alicyclic amines) is 1. The maximum atomic E-state index is 10.7. The second-order valence-corrected chi connectivity index (χ2v) is 9.24. The van der Waals surface area contributed by atoms with Crippen LogP contribution in [0, 0.1) is 0 Å². The monoisotopic (exact) mass is 412 g/mol. The number of rotatable bonds is 3. The van der Waals surface area contributed by atoms with Gasteiger partial charge < -0.3 is 5.11 Å². The number of thiazole rings is 1. The molecule has 3 aromatic heterocycles. The van der Waals surface area contributed by atoms with E-state index in [1.54, 1.807) is 11.3 Å². The number of fused-ring (bicyclic) bond motifs is 1. The van der Waals surface area contributed by atoms with Crippen molar-refractivity contribution in [3.63, 3.8) is 0 Å². The Labute approximate surface area is 150 Å². The van der Waals surface area contributed by atoms with E-state index in [2.05, 4.69) is 43.0 Å². The molecule has 0 amide bonds. The molecular formula is C15H17BrN4OS2. The maximum absolute atomic E-state index is 10.7. The fourth-order valence-corrected chi connectivity index (χ4v) is 5.90. The van der Waals surface area contributed by atoms with Crippen molar-refractivity contribution in [2.45, 2.75) is 31.7 Å². The Morgan fingerprint density at radius 1 is 1.13 bits per heavy atom. The quantitative estimate of drug-likeness (QED) is 0.696. The first kappa shape index (κ1) is 15.6. The molecule has 4 rings (SSSR count). The molecule has 0 unspecified atom stereocenters. The fourth-order valence-electron chi connectivity index (χ4n) is 3.18. The van der Waals surface area contributed by atoms with E-state index in [-0.39, 0.29) is 11.9 Å². The first-order chi connectivity index (χ1) is 11.2. The summed E-state index contributed by atoms with van der Waals surface area (Å²) in [6, 6.07) is 4.32. The second-order valence-electron chi connectivity index (χ2n) is 5.74. The summed E-state index contributed by atoms with van der Waals surface area (Å²) in [6.07, 6.45) is 6.49. The van der Waals surface area contributed by atoms with Crippen LogP contribution in [0.1, 0.15) is 41.5 Å². The molecule has 1 fully saturated rings. The van der Waals surface area contributed by atoms with Gasteiger partial charge >= 0.3 is 0 Å². The van der Waals surface area contributed by atoms with Crippen LogP contribution in [0.2, 0.25) is 0 Å². The summed E-state index contributed by atoms with van der Waals surface area (Å²) in [6.45, 7) is 2.13. The zero-order valence-electron chi connectivity index (χ0n) is 12.5. The fraction of sp³-hybridized carbons (Fsp3) is 0.467. The minimum Gasteiger partial charge on any atom is -0.492 e. The summed E-state index contributed by atoms with van der Waals surface area (Å²) < 4.78 is 2.65. The Bertz CT molecular complexity index is 803. The molecule has 1 N–H and O–H groups in total. The van der Waals surface area contributed by atoms with Crippen LogP contribution in [0.15, 0.2) is 22.2 Å². The van der Waals surface area contributed by atoms with Gasteiger partial charge in [0, 0.05) is 4.88 Å². The molecule has 1 aliphatic rings. The normalized spacial score (nSPS) is 18.3. The van der Waals surface area contributed by atoms with Gasteiger partial charge in [-0.15, -0.1) is 11.3 Å². The van der Waals surface area contributed by atoms with Gasteiger partial charge in [-0.2, -0.15) is 9.61 Å². The molecule has 0 aromatic carbocycles. The van der Waals surface area contributed by atoms with Gasteiger partial charge in [0.15, 0.2) is 0 Å². The van der Waals surface area contributed by atoms with Gasteiger partial charge in [-0.3, -0.25) is 4.90 Å². The van der Waals surface area contributed by atoms with Crippen molar-refractivity contribution in [1.82, 2.24) is 19.5 Å². The van der Waals surface area contributed by atoms with Gasteiger partial charge in [0.05, 0.1) is 14.7 Å². The minimum absolute atomic E-state index is 0.0814. The Morgan fingerprint density at radius 3 is 2.57 bits per heavy atom. The highest BCUT2D eigenvalue weighted by atomic mass is 79.9. The van der Waals surface area contributed by atoms with Crippen molar-refractivity contribution in [2.75, 3.05) is 13.1 Å². The molecule has 23 heavy (non-hydrogen) atoms. The number of thiophene rings is 1. The van der Waals surface area contributed by atoms with Crippen molar-refractivity contribution in [2.24, 2.45) is 0 Å². The van der Waals surface area contributed by atoms with E-state index >= 15 is 0 Å². The lowest BCUT2D eigenvalue weighted by molar-refractivity contribution is 0.235.